The van der Waals surface area contributed by atoms with Gasteiger partial charge >= 0.3 is 0 Å². The van der Waals surface area contributed by atoms with E-state index in [4.69, 9.17) is 0 Å². The van der Waals surface area contributed by atoms with Crippen LogP contribution in [0.1, 0.15) is 11.1 Å². The minimum Gasteiger partial charge on any atom is -0.309 e. The van der Waals surface area contributed by atoms with Crippen molar-refractivity contribution in [3.63, 3.8) is 0 Å². The summed E-state index contributed by atoms with van der Waals surface area (Å²) in [6.45, 7) is 0. The Morgan fingerprint density at radius 1 is 0.396 bits per heavy atom. The molecule has 0 amide bonds. The van der Waals surface area contributed by atoms with E-state index < -0.39 is 0 Å². The molecule has 0 aliphatic carbocycles. The average molecular weight is 611 g/mol. The topological polar surface area (TPSA) is 57.4 Å². The fourth-order valence-corrected chi connectivity index (χ4v) is 7.25. The van der Waals surface area contributed by atoms with Gasteiger partial charge in [-0.2, -0.15) is 10.5 Å². The number of hydrogen-bond donors (Lipinski definition) is 0. The van der Waals surface area contributed by atoms with Crippen molar-refractivity contribution in [1.29, 1.82) is 10.5 Å². The molecule has 4 nitrogen and oxygen atoms in total. The average Bonchev–Trinajstić information content (AvgIpc) is 3.67. The highest BCUT2D eigenvalue weighted by Crippen LogP contribution is 2.38. The molecule has 4 heteroatoms. The highest BCUT2D eigenvalue weighted by atomic mass is 15.0. The summed E-state index contributed by atoms with van der Waals surface area (Å²) in [4.78, 5) is 0. The second kappa shape index (κ2) is 10.9. The standard InChI is InChI=1S/C44H26N4/c45-27-29-17-24-38-37-12-4-8-16-43(37)48(44(38)25-29)40-13-5-1-9-34(40)30-18-20-31(21-19-30)39-26-33(23-22-32(39)28-46)47-41-14-6-2-10-35(41)36-11-3-7-15-42(36)47/h1-26H. The molecule has 0 saturated carbocycles. The van der Waals surface area contributed by atoms with Gasteiger partial charge in [0.2, 0.25) is 0 Å². The molecule has 0 saturated heterocycles. The zero-order valence-corrected chi connectivity index (χ0v) is 25.8. The van der Waals surface area contributed by atoms with Gasteiger partial charge in [0.15, 0.2) is 0 Å². The zero-order valence-electron chi connectivity index (χ0n) is 25.8. The molecule has 7 aromatic carbocycles. The Kier molecular flexibility index (Phi) is 6.22. The quantitative estimate of drug-likeness (QED) is 0.199. The fourth-order valence-electron chi connectivity index (χ4n) is 7.25. The largest absolute Gasteiger partial charge is 0.309 e. The second-order valence-corrected chi connectivity index (χ2v) is 12.0. The molecule has 0 N–H and O–H groups in total. The first kappa shape index (κ1) is 27.4. The zero-order chi connectivity index (χ0) is 32.2. The lowest BCUT2D eigenvalue weighted by atomic mass is 9.96. The molecular formula is C44H26N4. The van der Waals surface area contributed by atoms with Crippen LogP contribution in [0.2, 0.25) is 0 Å². The minimum absolute atomic E-state index is 0.629. The molecule has 222 valence electrons. The molecule has 48 heavy (non-hydrogen) atoms. The van der Waals surface area contributed by atoms with Gasteiger partial charge in [0.25, 0.3) is 0 Å². The van der Waals surface area contributed by atoms with E-state index in [0.29, 0.717) is 11.1 Å². The number of aromatic nitrogens is 2. The molecule has 0 spiro atoms. The monoisotopic (exact) mass is 610 g/mol. The Hall–Kier alpha value is -6.88. The lowest BCUT2D eigenvalue weighted by molar-refractivity contribution is 1.18. The summed E-state index contributed by atoms with van der Waals surface area (Å²) >= 11 is 0. The highest BCUT2D eigenvalue weighted by molar-refractivity contribution is 6.10. The summed E-state index contributed by atoms with van der Waals surface area (Å²) < 4.78 is 4.54. The molecular weight excluding hydrogens is 585 g/mol. The van der Waals surface area contributed by atoms with Crippen molar-refractivity contribution in [1.82, 2.24) is 9.13 Å². The lowest BCUT2D eigenvalue weighted by Crippen LogP contribution is -1.97. The van der Waals surface area contributed by atoms with E-state index >= 15 is 0 Å². The van der Waals surface area contributed by atoms with Crippen molar-refractivity contribution < 1.29 is 0 Å². The number of fused-ring (bicyclic) bond motifs is 6. The summed E-state index contributed by atoms with van der Waals surface area (Å²) in [5.41, 5.74) is 11.7. The van der Waals surface area contributed by atoms with Gasteiger partial charge in [-0.05, 0) is 65.7 Å². The van der Waals surface area contributed by atoms with Crippen LogP contribution in [0.15, 0.2) is 158 Å². The smallest absolute Gasteiger partial charge is 0.0998 e. The molecule has 0 atom stereocenters. The fraction of sp³-hybridized carbons (Fsp3) is 0. The first-order valence-electron chi connectivity index (χ1n) is 15.9. The van der Waals surface area contributed by atoms with E-state index in [2.05, 4.69) is 149 Å². The second-order valence-electron chi connectivity index (χ2n) is 12.0. The summed E-state index contributed by atoms with van der Waals surface area (Å²) in [5.74, 6) is 0. The Balaban J connectivity index is 1.18. The maximum atomic E-state index is 10.2. The summed E-state index contributed by atoms with van der Waals surface area (Å²) in [7, 11) is 0. The first-order valence-corrected chi connectivity index (χ1v) is 15.9. The van der Waals surface area contributed by atoms with E-state index in [9.17, 15) is 10.5 Å². The van der Waals surface area contributed by atoms with Crippen LogP contribution in [0.3, 0.4) is 0 Å². The van der Waals surface area contributed by atoms with Crippen LogP contribution in [0.25, 0.3) is 77.2 Å². The third kappa shape index (κ3) is 4.14. The van der Waals surface area contributed by atoms with Crippen LogP contribution < -0.4 is 0 Å². The van der Waals surface area contributed by atoms with Crippen molar-refractivity contribution in [2.45, 2.75) is 0 Å². The molecule has 0 bridgehead atoms. The number of benzene rings is 7. The van der Waals surface area contributed by atoms with Gasteiger partial charge in [-0.25, -0.2) is 0 Å². The molecule has 0 aliphatic heterocycles. The van der Waals surface area contributed by atoms with Gasteiger partial charge < -0.3 is 9.13 Å². The van der Waals surface area contributed by atoms with E-state index in [-0.39, 0.29) is 0 Å². The SMILES string of the molecule is N#Cc1ccc2c3ccccc3n(-c3ccccc3-c3ccc(-c4cc(-n5c6ccccc6c6ccccc65)ccc4C#N)cc3)c2c1. The number of para-hydroxylation sites is 4. The molecule has 0 fully saturated rings. The van der Waals surface area contributed by atoms with Crippen molar-refractivity contribution in [2.24, 2.45) is 0 Å². The Morgan fingerprint density at radius 3 is 1.56 bits per heavy atom. The van der Waals surface area contributed by atoms with Gasteiger partial charge in [-0.15, -0.1) is 0 Å². The van der Waals surface area contributed by atoms with Gasteiger partial charge in [-0.3, -0.25) is 0 Å². The Morgan fingerprint density at radius 2 is 0.938 bits per heavy atom. The lowest BCUT2D eigenvalue weighted by Gasteiger charge is -2.15. The Labute approximate surface area is 277 Å². The molecule has 9 aromatic rings. The molecule has 2 heterocycles. The third-order valence-corrected chi connectivity index (χ3v) is 9.42. The third-order valence-electron chi connectivity index (χ3n) is 9.42. The van der Waals surface area contributed by atoms with E-state index in [1.807, 2.05) is 30.3 Å². The van der Waals surface area contributed by atoms with Crippen LogP contribution >= 0.6 is 0 Å². The van der Waals surface area contributed by atoms with Crippen LogP contribution in [0, 0.1) is 22.7 Å². The van der Waals surface area contributed by atoms with Gasteiger partial charge in [0.1, 0.15) is 0 Å². The van der Waals surface area contributed by atoms with E-state index in [1.165, 1.54) is 10.8 Å². The van der Waals surface area contributed by atoms with Gasteiger partial charge in [-0.1, -0.05) is 103 Å². The summed E-state index contributed by atoms with van der Waals surface area (Å²) in [6, 6.07) is 58.9. The first-order chi connectivity index (χ1) is 23.7. The summed E-state index contributed by atoms with van der Waals surface area (Å²) in [6.07, 6.45) is 0. The van der Waals surface area contributed by atoms with Crippen molar-refractivity contribution in [3.8, 4) is 45.8 Å². The highest BCUT2D eigenvalue weighted by Gasteiger charge is 2.17. The molecule has 0 aliphatic rings. The van der Waals surface area contributed by atoms with Crippen molar-refractivity contribution >= 4 is 43.6 Å². The maximum Gasteiger partial charge on any atom is 0.0998 e. The minimum atomic E-state index is 0.629. The summed E-state index contributed by atoms with van der Waals surface area (Å²) in [5, 5.41) is 24.5. The normalized spacial score (nSPS) is 11.3. The predicted octanol–water partition coefficient (Wildman–Crippen LogP) is 11.0. The van der Waals surface area contributed by atoms with Gasteiger partial charge in [0, 0.05) is 38.4 Å². The molecule has 9 rings (SSSR count). The van der Waals surface area contributed by atoms with E-state index in [1.54, 1.807) is 0 Å². The molecule has 0 radical (unpaired) electrons. The number of rotatable bonds is 4. The maximum absolute atomic E-state index is 10.2. The number of nitrogens with zero attached hydrogens (tertiary/aromatic N) is 4. The van der Waals surface area contributed by atoms with Crippen LogP contribution in [0.5, 0.6) is 0 Å². The van der Waals surface area contributed by atoms with Crippen LogP contribution in [-0.4, -0.2) is 9.13 Å². The van der Waals surface area contributed by atoms with Crippen LogP contribution in [-0.2, 0) is 0 Å². The van der Waals surface area contributed by atoms with Crippen molar-refractivity contribution in [3.05, 3.63) is 169 Å². The van der Waals surface area contributed by atoms with Crippen molar-refractivity contribution in [2.75, 3.05) is 0 Å². The van der Waals surface area contributed by atoms with Gasteiger partial charge in [0.05, 0.1) is 51.0 Å². The van der Waals surface area contributed by atoms with Crippen LogP contribution in [0.4, 0.5) is 0 Å². The molecule has 2 aromatic heterocycles. The Bertz CT molecular complexity index is 2750. The number of nitriles is 2. The predicted molar refractivity (Wildman–Crippen MR) is 195 cm³/mol. The molecule has 0 unspecified atom stereocenters. The number of hydrogen-bond acceptors (Lipinski definition) is 2. The van der Waals surface area contributed by atoms with E-state index in [0.717, 1.165) is 66.5 Å².